The summed E-state index contributed by atoms with van der Waals surface area (Å²) in [6.07, 6.45) is 0.843. The molecule has 0 spiro atoms. The fraction of sp³-hybridized carbons (Fsp3) is 0.818. The van der Waals surface area contributed by atoms with E-state index in [-0.39, 0.29) is 6.10 Å². The van der Waals surface area contributed by atoms with Crippen LogP contribution in [0.15, 0.2) is 4.52 Å². The minimum Gasteiger partial charge on any atom is -0.393 e. The maximum absolute atomic E-state index is 9.73. The Labute approximate surface area is 101 Å². The summed E-state index contributed by atoms with van der Waals surface area (Å²) >= 11 is 1.76. The Kier molecular flexibility index (Phi) is 5.84. The number of aliphatic hydroxyl groups is 1. The first-order valence-electron chi connectivity index (χ1n) is 5.69. The zero-order valence-corrected chi connectivity index (χ0v) is 11.0. The van der Waals surface area contributed by atoms with Crippen LogP contribution in [0.3, 0.4) is 0 Å². The Bertz CT molecular complexity index is 302. The summed E-state index contributed by atoms with van der Waals surface area (Å²) in [5.41, 5.74) is 0. The van der Waals surface area contributed by atoms with E-state index in [2.05, 4.69) is 30.9 Å². The quantitative estimate of drug-likeness (QED) is 0.797. The maximum atomic E-state index is 9.73. The Balaban J connectivity index is 2.39. The zero-order valence-electron chi connectivity index (χ0n) is 10.1. The molecule has 0 bridgehead atoms. The molecule has 0 aromatic carbocycles. The largest absolute Gasteiger partial charge is 0.393 e. The molecule has 92 valence electrons. The highest BCUT2D eigenvalue weighted by Crippen LogP contribution is 2.12. The SMILES string of the molecule is CCSCc1noc(CC(O)CC(C)C)n1. The molecular weight excluding hydrogens is 224 g/mol. The summed E-state index contributed by atoms with van der Waals surface area (Å²) < 4.78 is 5.08. The van der Waals surface area contributed by atoms with Gasteiger partial charge in [0.1, 0.15) is 0 Å². The van der Waals surface area contributed by atoms with E-state index in [0.717, 1.165) is 23.8 Å². The van der Waals surface area contributed by atoms with Crippen LogP contribution in [-0.2, 0) is 12.2 Å². The topological polar surface area (TPSA) is 59.2 Å². The van der Waals surface area contributed by atoms with Gasteiger partial charge in [0.2, 0.25) is 5.89 Å². The van der Waals surface area contributed by atoms with Crippen molar-refractivity contribution in [1.29, 1.82) is 0 Å². The van der Waals surface area contributed by atoms with Gasteiger partial charge in [-0.15, -0.1) is 0 Å². The first-order valence-corrected chi connectivity index (χ1v) is 6.84. The fourth-order valence-corrected chi connectivity index (χ4v) is 1.96. The van der Waals surface area contributed by atoms with Gasteiger partial charge in [0.05, 0.1) is 18.3 Å². The van der Waals surface area contributed by atoms with Gasteiger partial charge in [-0.05, 0) is 18.1 Å². The van der Waals surface area contributed by atoms with Gasteiger partial charge >= 0.3 is 0 Å². The van der Waals surface area contributed by atoms with E-state index in [0.29, 0.717) is 18.2 Å². The molecule has 4 nitrogen and oxygen atoms in total. The molecule has 5 heteroatoms. The first-order chi connectivity index (χ1) is 7.61. The fourth-order valence-electron chi connectivity index (χ4n) is 1.45. The lowest BCUT2D eigenvalue weighted by molar-refractivity contribution is 0.138. The van der Waals surface area contributed by atoms with Gasteiger partial charge in [0, 0.05) is 0 Å². The third-order valence-corrected chi connectivity index (χ3v) is 2.97. The van der Waals surface area contributed by atoms with Gasteiger partial charge in [0.25, 0.3) is 0 Å². The van der Waals surface area contributed by atoms with E-state index in [1.165, 1.54) is 0 Å². The summed E-state index contributed by atoms with van der Waals surface area (Å²) in [6.45, 7) is 6.26. The Morgan fingerprint density at radius 3 is 2.81 bits per heavy atom. The molecular formula is C11H20N2O2S. The minimum atomic E-state index is -0.382. The average Bonchev–Trinajstić information content (AvgIpc) is 2.61. The van der Waals surface area contributed by atoms with Crippen LogP contribution in [-0.4, -0.2) is 27.1 Å². The van der Waals surface area contributed by atoms with Crippen molar-refractivity contribution in [3.8, 4) is 0 Å². The number of thioether (sulfide) groups is 1. The van der Waals surface area contributed by atoms with Crippen LogP contribution >= 0.6 is 11.8 Å². The molecule has 0 aliphatic carbocycles. The Morgan fingerprint density at radius 2 is 2.19 bits per heavy atom. The van der Waals surface area contributed by atoms with Gasteiger partial charge in [-0.3, -0.25) is 0 Å². The molecule has 0 saturated heterocycles. The molecule has 0 radical (unpaired) electrons. The normalized spacial score (nSPS) is 13.3. The molecule has 0 aliphatic rings. The van der Waals surface area contributed by atoms with Crippen LogP contribution in [0.5, 0.6) is 0 Å². The summed E-state index contributed by atoms with van der Waals surface area (Å²) in [7, 11) is 0. The van der Waals surface area contributed by atoms with Crippen molar-refractivity contribution < 1.29 is 9.63 Å². The van der Waals surface area contributed by atoms with Crippen molar-refractivity contribution in [2.75, 3.05) is 5.75 Å². The van der Waals surface area contributed by atoms with E-state index >= 15 is 0 Å². The predicted molar refractivity (Wildman–Crippen MR) is 65.3 cm³/mol. The summed E-state index contributed by atoms with van der Waals surface area (Å²) in [6, 6.07) is 0. The lowest BCUT2D eigenvalue weighted by Crippen LogP contribution is -2.13. The number of rotatable bonds is 7. The van der Waals surface area contributed by atoms with Gasteiger partial charge in [-0.1, -0.05) is 25.9 Å². The first kappa shape index (κ1) is 13.5. The van der Waals surface area contributed by atoms with Crippen molar-refractivity contribution in [1.82, 2.24) is 10.1 Å². The molecule has 1 aromatic heterocycles. The molecule has 16 heavy (non-hydrogen) atoms. The number of nitrogens with zero attached hydrogens (tertiary/aromatic N) is 2. The van der Waals surface area contributed by atoms with Crippen LogP contribution in [0, 0.1) is 5.92 Å². The summed E-state index contributed by atoms with van der Waals surface area (Å²) in [4.78, 5) is 4.24. The third kappa shape index (κ3) is 4.99. The van der Waals surface area contributed by atoms with E-state index in [9.17, 15) is 5.11 Å². The third-order valence-electron chi connectivity index (χ3n) is 2.10. The van der Waals surface area contributed by atoms with Gasteiger partial charge in [-0.2, -0.15) is 16.7 Å². The minimum absolute atomic E-state index is 0.382. The van der Waals surface area contributed by atoms with Crippen LogP contribution < -0.4 is 0 Å². The molecule has 1 unspecified atom stereocenters. The average molecular weight is 244 g/mol. The van der Waals surface area contributed by atoms with E-state index in [1.54, 1.807) is 11.8 Å². The molecule has 1 heterocycles. The van der Waals surface area contributed by atoms with Gasteiger partial charge in [-0.25, -0.2) is 0 Å². The highest BCUT2D eigenvalue weighted by molar-refractivity contribution is 7.98. The Morgan fingerprint density at radius 1 is 1.44 bits per heavy atom. The van der Waals surface area contributed by atoms with E-state index in [4.69, 9.17) is 4.52 Å². The molecule has 1 atom stereocenters. The summed E-state index contributed by atoms with van der Waals surface area (Å²) in [5, 5.41) is 13.6. The van der Waals surface area contributed by atoms with Crippen LogP contribution in [0.25, 0.3) is 0 Å². The van der Waals surface area contributed by atoms with Gasteiger partial charge in [0.15, 0.2) is 5.82 Å². The second-order valence-electron chi connectivity index (χ2n) is 4.23. The van der Waals surface area contributed by atoms with Crippen molar-refractivity contribution in [3.05, 3.63) is 11.7 Å². The number of aromatic nitrogens is 2. The maximum Gasteiger partial charge on any atom is 0.229 e. The molecule has 0 saturated carbocycles. The zero-order chi connectivity index (χ0) is 12.0. The standard InChI is InChI=1S/C11H20N2O2S/c1-4-16-7-10-12-11(15-13-10)6-9(14)5-8(2)3/h8-9,14H,4-7H2,1-3H3. The lowest BCUT2D eigenvalue weighted by Gasteiger charge is -2.09. The molecule has 0 fully saturated rings. The molecule has 1 rings (SSSR count). The molecule has 0 amide bonds. The van der Waals surface area contributed by atoms with Crippen LogP contribution in [0.4, 0.5) is 0 Å². The predicted octanol–water partition coefficient (Wildman–Crippen LogP) is 2.27. The van der Waals surface area contributed by atoms with Crippen molar-refractivity contribution >= 4 is 11.8 Å². The van der Waals surface area contributed by atoms with Gasteiger partial charge < -0.3 is 9.63 Å². The highest BCUT2D eigenvalue weighted by Gasteiger charge is 2.13. The van der Waals surface area contributed by atoms with Crippen molar-refractivity contribution in [3.63, 3.8) is 0 Å². The Hall–Kier alpha value is -0.550. The van der Waals surface area contributed by atoms with E-state index < -0.39 is 0 Å². The summed E-state index contributed by atoms with van der Waals surface area (Å²) in [5.74, 6) is 3.56. The second-order valence-corrected chi connectivity index (χ2v) is 5.50. The number of hydrogen-bond acceptors (Lipinski definition) is 5. The van der Waals surface area contributed by atoms with Crippen molar-refractivity contribution in [2.45, 2.75) is 45.5 Å². The highest BCUT2D eigenvalue weighted by atomic mass is 32.2. The van der Waals surface area contributed by atoms with Crippen molar-refractivity contribution in [2.24, 2.45) is 5.92 Å². The number of aliphatic hydroxyl groups excluding tert-OH is 1. The van der Waals surface area contributed by atoms with E-state index in [1.807, 2.05) is 0 Å². The molecule has 0 aliphatic heterocycles. The van der Waals surface area contributed by atoms with Crippen LogP contribution in [0.2, 0.25) is 0 Å². The second kappa shape index (κ2) is 6.91. The smallest absolute Gasteiger partial charge is 0.229 e. The number of hydrogen-bond donors (Lipinski definition) is 1. The molecule has 1 N–H and O–H groups in total. The monoisotopic (exact) mass is 244 g/mol. The lowest BCUT2D eigenvalue weighted by atomic mass is 10.0. The molecule has 1 aromatic rings. The van der Waals surface area contributed by atoms with Crippen LogP contribution in [0.1, 0.15) is 38.9 Å².